The summed E-state index contributed by atoms with van der Waals surface area (Å²) in [7, 11) is 0. The van der Waals surface area contributed by atoms with Gasteiger partial charge in [-0.1, -0.05) is 24.3 Å². The third kappa shape index (κ3) is 3.81. The normalized spacial score (nSPS) is 17.2. The number of rotatable bonds is 6. The van der Waals surface area contributed by atoms with E-state index in [4.69, 9.17) is 0 Å². The van der Waals surface area contributed by atoms with E-state index in [9.17, 15) is 4.79 Å². The Balaban J connectivity index is 1.45. The lowest BCUT2D eigenvalue weighted by Gasteiger charge is -2.26. The van der Waals surface area contributed by atoms with Crippen LogP contribution in [0.15, 0.2) is 58.4 Å². The van der Waals surface area contributed by atoms with Gasteiger partial charge in [-0.2, -0.15) is 0 Å². The molecule has 0 spiro atoms. The van der Waals surface area contributed by atoms with Gasteiger partial charge < -0.3 is 9.88 Å². The molecule has 1 aromatic heterocycles. The molecule has 1 N–H and O–H groups in total. The van der Waals surface area contributed by atoms with E-state index in [-0.39, 0.29) is 5.56 Å². The lowest BCUT2D eigenvalue weighted by molar-refractivity contribution is 0.482. The van der Waals surface area contributed by atoms with Crippen LogP contribution in [0, 0.1) is 0 Å². The molecule has 1 aliphatic rings. The van der Waals surface area contributed by atoms with Crippen LogP contribution in [0.3, 0.4) is 0 Å². The van der Waals surface area contributed by atoms with Gasteiger partial charge in [0.2, 0.25) is 5.56 Å². The molecular formula is C18H22N2OS. The van der Waals surface area contributed by atoms with E-state index in [1.165, 1.54) is 22.6 Å². The van der Waals surface area contributed by atoms with Crippen molar-refractivity contribution in [2.75, 3.05) is 12.3 Å². The number of aryl methyl sites for hydroxylation is 1. The Hall–Kier alpha value is -1.52. The Morgan fingerprint density at radius 3 is 2.91 bits per heavy atom. The minimum atomic E-state index is 0.0914. The SMILES string of the molecule is O=c1ccccn1CCCCN[C@H]1CCSc2ccccc21. The highest BCUT2D eigenvalue weighted by Gasteiger charge is 2.19. The molecule has 116 valence electrons. The quantitative estimate of drug-likeness (QED) is 0.829. The van der Waals surface area contributed by atoms with E-state index in [2.05, 4.69) is 29.6 Å². The standard InChI is InChI=1S/C18H22N2OS/c21-18-9-3-5-12-20(18)13-6-4-11-19-16-10-14-22-17-8-2-1-7-15(16)17/h1-3,5,7-9,12,16,19H,4,6,10-11,13-14H2/t16-/m0/s1. The fourth-order valence-electron chi connectivity index (χ4n) is 2.88. The lowest BCUT2D eigenvalue weighted by Crippen LogP contribution is -2.26. The van der Waals surface area contributed by atoms with Gasteiger partial charge in [-0.25, -0.2) is 0 Å². The molecule has 22 heavy (non-hydrogen) atoms. The highest BCUT2D eigenvalue weighted by molar-refractivity contribution is 7.99. The first-order valence-corrected chi connectivity index (χ1v) is 8.94. The summed E-state index contributed by atoms with van der Waals surface area (Å²) >= 11 is 1.96. The zero-order valence-corrected chi connectivity index (χ0v) is 13.5. The molecule has 4 heteroatoms. The Morgan fingerprint density at radius 2 is 2.00 bits per heavy atom. The summed E-state index contributed by atoms with van der Waals surface area (Å²) in [6.07, 6.45) is 5.18. The Kier molecular flexibility index (Phi) is 5.35. The minimum Gasteiger partial charge on any atom is -0.316 e. The molecule has 0 unspecified atom stereocenters. The molecule has 1 aromatic carbocycles. The largest absolute Gasteiger partial charge is 0.316 e. The van der Waals surface area contributed by atoms with E-state index in [1.54, 1.807) is 16.7 Å². The molecule has 2 heterocycles. The van der Waals surface area contributed by atoms with Crippen LogP contribution in [0.1, 0.15) is 30.9 Å². The lowest BCUT2D eigenvalue weighted by atomic mass is 10.0. The Morgan fingerprint density at radius 1 is 1.14 bits per heavy atom. The number of unbranched alkanes of at least 4 members (excludes halogenated alkanes) is 1. The molecule has 1 aliphatic heterocycles. The van der Waals surface area contributed by atoms with Gasteiger partial charge in [0.25, 0.3) is 0 Å². The predicted molar refractivity (Wildman–Crippen MR) is 92.5 cm³/mol. The van der Waals surface area contributed by atoms with Crippen molar-refractivity contribution >= 4 is 11.8 Å². The van der Waals surface area contributed by atoms with Crippen LogP contribution in [0.4, 0.5) is 0 Å². The number of fused-ring (bicyclic) bond motifs is 1. The fourth-order valence-corrected chi connectivity index (χ4v) is 4.01. The van der Waals surface area contributed by atoms with E-state index in [0.29, 0.717) is 6.04 Å². The van der Waals surface area contributed by atoms with E-state index in [1.807, 2.05) is 24.0 Å². The van der Waals surface area contributed by atoms with Crippen LogP contribution in [0.2, 0.25) is 0 Å². The summed E-state index contributed by atoms with van der Waals surface area (Å²) in [5.74, 6) is 1.19. The maximum atomic E-state index is 11.6. The van der Waals surface area contributed by atoms with Gasteiger partial charge in [-0.15, -0.1) is 11.8 Å². The molecular weight excluding hydrogens is 292 g/mol. The number of hydrogen-bond donors (Lipinski definition) is 1. The highest BCUT2D eigenvalue weighted by Crippen LogP contribution is 2.35. The van der Waals surface area contributed by atoms with Crippen molar-refractivity contribution in [2.24, 2.45) is 0 Å². The van der Waals surface area contributed by atoms with Gasteiger partial charge in [0, 0.05) is 29.7 Å². The molecule has 2 aromatic rings. The first-order valence-electron chi connectivity index (χ1n) is 7.95. The molecule has 0 amide bonds. The molecule has 0 saturated carbocycles. The first-order chi connectivity index (χ1) is 10.8. The average molecular weight is 314 g/mol. The zero-order chi connectivity index (χ0) is 15.2. The average Bonchev–Trinajstić information content (AvgIpc) is 2.56. The van der Waals surface area contributed by atoms with Crippen molar-refractivity contribution in [1.82, 2.24) is 9.88 Å². The molecule has 0 fully saturated rings. The summed E-state index contributed by atoms with van der Waals surface area (Å²) < 4.78 is 1.78. The molecule has 0 aliphatic carbocycles. The molecule has 0 radical (unpaired) electrons. The van der Waals surface area contributed by atoms with Gasteiger partial charge in [0.05, 0.1) is 0 Å². The summed E-state index contributed by atoms with van der Waals surface area (Å²) in [5, 5.41) is 3.68. The van der Waals surface area contributed by atoms with Gasteiger partial charge in [-0.3, -0.25) is 4.79 Å². The van der Waals surface area contributed by atoms with Gasteiger partial charge >= 0.3 is 0 Å². The van der Waals surface area contributed by atoms with Crippen molar-refractivity contribution in [3.63, 3.8) is 0 Å². The van der Waals surface area contributed by atoms with Crippen LogP contribution in [-0.4, -0.2) is 16.9 Å². The third-order valence-electron chi connectivity index (χ3n) is 4.07. The minimum absolute atomic E-state index is 0.0914. The smallest absolute Gasteiger partial charge is 0.250 e. The van der Waals surface area contributed by atoms with Gasteiger partial charge in [-0.05, 0) is 49.3 Å². The summed E-state index contributed by atoms with van der Waals surface area (Å²) in [6.45, 7) is 1.81. The van der Waals surface area contributed by atoms with Crippen LogP contribution in [0.25, 0.3) is 0 Å². The van der Waals surface area contributed by atoms with E-state index in [0.717, 1.165) is 25.9 Å². The molecule has 3 rings (SSSR count). The zero-order valence-electron chi connectivity index (χ0n) is 12.7. The summed E-state index contributed by atoms with van der Waals surface area (Å²) in [5.41, 5.74) is 1.53. The Bertz CT molecular complexity index is 668. The van der Waals surface area contributed by atoms with Crippen LogP contribution in [0.5, 0.6) is 0 Å². The number of benzene rings is 1. The number of nitrogens with zero attached hydrogens (tertiary/aromatic N) is 1. The predicted octanol–water partition coefficient (Wildman–Crippen LogP) is 3.46. The molecule has 3 nitrogen and oxygen atoms in total. The third-order valence-corrected chi connectivity index (χ3v) is 5.20. The van der Waals surface area contributed by atoms with Crippen molar-refractivity contribution in [2.45, 2.75) is 36.7 Å². The molecule has 1 atom stereocenters. The topological polar surface area (TPSA) is 34.0 Å². The number of thioether (sulfide) groups is 1. The number of aromatic nitrogens is 1. The second-order valence-electron chi connectivity index (χ2n) is 5.62. The molecule has 0 bridgehead atoms. The van der Waals surface area contributed by atoms with E-state index < -0.39 is 0 Å². The van der Waals surface area contributed by atoms with Crippen LogP contribution in [-0.2, 0) is 6.54 Å². The second kappa shape index (κ2) is 7.65. The fraction of sp³-hybridized carbons (Fsp3) is 0.389. The second-order valence-corrected chi connectivity index (χ2v) is 6.76. The monoisotopic (exact) mass is 314 g/mol. The summed E-state index contributed by atoms with van der Waals surface area (Å²) in [4.78, 5) is 13.0. The van der Waals surface area contributed by atoms with Crippen LogP contribution < -0.4 is 10.9 Å². The maximum absolute atomic E-state index is 11.6. The van der Waals surface area contributed by atoms with Crippen molar-refractivity contribution in [1.29, 1.82) is 0 Å². The van der Waals surface area contributed by atoms with Gasteiger partial charge in [0.15, 0.2) is 0 Å². The van der Waals surface area contributed by atoms with Crippen LogP contribution >= 0.6 is 11.8 Å². The van der Waals surface area contributed by atoms with Crippen molar-refractivity contribution in [3.8, 4) is 0 Å². The van der Waals surface area contributed by atoms with Gasteiger partial charge in [0.1, 0.15) is 0 Å². The number of nitrogens with one attached hydrogen (secondary N) is 1. The maximum Gasteiger partial charge on any atom is 0.250 e. The van der Waals surface area contributed by atoms with Crippen molar-refractivity contribution < 1.29 is 0 Å². The molecule has 0 saturated heterocycles. The number of hydrogen-bond acceptors (Lipinski definition) is 3. The van der Waals surface area contributed by atoms with E-state index >= 15 is 0 Å². The first kappa shape index (κ1) is 15.4. The Labute approximate surface area is 135 Å². The number of pyridine rings is 1. The van der Waals surface area contributed by atoms with Crippen molar-refractivity contribution in [3.05, 3.63) is 64.6 Å². The highest BCUT2D eigenvalue weighted by atomic mass is 32.2. The summed E-state index contributed by atoms with van der Waals surface area (Å²) in [6, 6.07) is 14.5.